The van der Waals surface area contributed by atoms with Crippen LogP contribution in [-0.2, 0) is 5.88 Å². The zero-order valence-electron chi connectivity index (χ0n) is 6.59. The highest BCUT2D eigenvalue weighted by atomic mass is 79.9. The summed E-state index contributed by atoms with van der Waals surface area (Å²) in [5, 5.41) is 0.837. The Morgan fingerprint density at radius 2 is 2.08 bits per heavy atom. The van der Waals surface area contributed by atoms with Gasteiger partial charge in [-0.05, 0) is 6.07 Å². The zero-order valence-corrected chi connectivity index (χ0v) is 8.94. The minimum atomic E-state index is 0.498. The Hall–Kier alpha value is -0.210. The quantitative estimate of drug-likeness (QED) is 0.745. The Morgan fingerprint density at radius 1 is 1.33 bits per heavy atom. The van der Waals surface area contributed by atoms with E-state index in [1.54, 1.807) is 0 Å². The fraction of sp³-hybridized carbons (Fsp3) is 0.333. The molecule has 1 aromatic carbocycles. The lowest BCUT2D eigenvalue weighted by Crippen LogP contribution is -1.99. The monoisotopic (exact) mass is 248 g/mol. The molecule has 0 N–H and O–H groups in total. The molecule has 0 aliphatic rings. The van der Waals surface area contributed by atoms with Crippen LogP contribution < -0.4 is 4.74 Å². The van der Waals surface area contributed by atoms with Gasteiger partial charge in [0.05, 0.1) is 12.5 Å². The molecule has 0 fully saturated rings. The lowest BCUT2D eigenvalue weighted by atomic mass is 10.2. The van der Waals surface area contributed by atoms with E-state index in [1.807, 2.05) is 24.3 Å². The molecule has 0 unspecified atom stereocenters. The van der Waals surface area contributed by atoms with Crippen molar-refractivity contribution >= 4 is 27.5 Å². The first-order chi connectivity index (χ1) is 5.88. The third kappa shape index (κ3) is 2.68. The predicted octanol–water partition coefficient (Wildman–Crippen LogP) is 3.20. The molecule has 1 rings (SSSR count). The number of hydrogen-bond acceptors (Lipinski definition) is 1. The van der Waals surface area contributed by atoms with Gasteiger partial charge in [-0.3, -0.25) is 0 Å². The summed E-state index contributed by atoms with van der Waals surface area (Å²) in [5.74, 6) is 1.38. The molecule has 1 aromatic rings. The largest absolute Gasteiger partial charge is 0.492 e. The summed E-state index contributed by atoms with van der Waals surface area (Å²) in [6, 6.07) is 7.80. The topological polar surface area (TPSA) is 9.23 Å². The van der Waals surface area contributed by atoms with Crippen LogP contribution in [0.25, 0.3) is 0 Å². The summed E-state index contributed by atoms with van der Waals surface area (Å²) in [6.07, 6.45) is 0. The Labute approximate surface area is 85.8 Å². The van der Waals surface area contributed by atoms with E-state index in [4.69, 9.17) is 16.3 Å². The average Bonchev–Trinajstić information content (AvgIpc) is 2.15. The van der Waals surface area contributed by atoms with Crippen LogP contribution in [-0.4, -0.2) is 11.9 Å². The minimum absolute atomic E-state index is 0.498. The van der Waals surface area contributed by atoms with Crippen molar-refractivity contribution < 1.29 is 4.74 Å². The molecule has 0 aliphatic heterocycles. The Kier molecular flexibility index (Phi) is 4.48. The molecular weight excluding hydrogens is 239 g/mol. The third-order valence-electron chi connectivity index (χ3n) is 1.45. The Morgan fingerprint density at radius 3 is 2.75 bits per heavy atom. The number of alkyl halides is 2. The second-order valence-electron chi connectivity index (χ2n) is 2.28. The lowest BCUT2D eigenvalue weighted by Gasteiger charge is -2.07. The predicted molar refractivity (Wildman–Crippen MR) is 55.3 cm³/mol. The second-order valence-corrected chi connectivity index (χ2v) is 3.34. The molecule has 12 heavy (non-hydrogen) atoms. The SMILES string of the molecule is ClCc1ccccc1OCCBr. The van der Waals surface area contributed by atoms with Crippen LogP contribution in [0.1, 0.15) is 5.56 Å². The summed E-state index contributed by atoms with van der Waals surface area (Å²) >= 11 is 9.01. The molecular formula is C9H10BrClO. The van der Waals surface area contributed by atoms with Crippen LogP contribution in [0.3, 0.4) is 0 Å². The van der Waals surface area contributed by atoms with Crippen molar-refractivity contribution in [2.45, 2.75) is 5.88 Å². The number of ether oxygens (including phenoxy) is 1. The van der Waals surface area contributed by atoms with Crippen LogP contribution >= 0.6 is 27.5 Å². The van der Waals surface area contributed by atoms with Gasteiger partial charge >= 0.3 is 0 Å². The summed E-state index contributed by atoms with van der Waals surface area (Å²) in [6.45, 7) is 0.675. The third-order valence-corrected chi connectivity index (χ3v) is 2.06. The first-order valence-electron chi connectivity index (χ1n) is 3.71. The van der Waals surface area contributed by atoms with E-state index in [0.29, 0.717) is 12.5 Å². The number of hydrogen-bond donors (Lipinski definition) is 0. The minimum Gasteiger partial charge on any atom is -0.492 e. The van der Waals surface area contributed by atoms with E-state index in [0.717, 1.165) is 16.6 Å². The van der Waals surface area contributed by atoms with Crippen LogP contribution in [0.5, 0.6) is 5.75 Å². The smallest absolute Gasteiger partial charge is 0.123 e. The molecule has 0 bridgehead atoms. The molecule has 0 saturated carbocycles. The zero-order chi connectivity index (χ0) is 8.81. The van der Waals surface area contributed by atoms with Gasteiger partial charge in [0.25, 0.3) is 0 Å². The van der Waals surface area contributed by atoms with E-state index in [-0.39, 0.29) is 0 Å². The fourth-order valence-electron chi connectivity index (χ4n) is 0.904. The number of para-hydroxylation sites is 1. The van der Waals surface area contributed by atoms with E-state index >= 15 is 0 Å². The van der Waals surface area contributed by atoms with Gasteiger partial charge < -0.3 is 4.74 Å². The molecule has 1 nitrogen and oxygen atoms in total. The van der Waals surface area contributed by atoms with E-state index in [1.165, 1.54) is 0 Å². The summed E-state index contributed by atoms with van der Waals surface area (Å²) in [7, 11) is 0. The van der Waals surface area contributed by atoms with Crippen molar-refractivity contribution in [3.8, 4) is 5.75 Å². The van der Waals surface area contributed by atoms with Crippen molar-refractivity contribution in [3.05, 3.63) is 29.8 Å². The van der Waals surface area contributed by atoms with Gasteiger partial charge in [-0.1, -0.05) is 34.1 Å². The Bertz CT molecular complexity index is 240. The highest BCUT2D eigenvalue weighted by Crippen LogP contribution is 2.19. The first kappa shape index (κ1) is 9.87. The van der Waals surface area contributed by atoms with E-state index in [9.17, 15) is 0 Å². The number of rotatable bonds is 4. The summed E-state index contributed by atoms with van der Waals surface area (Å²) in [5.41, 5.74) is 1.04. The number of halogens is 2. The molecule has 66 valence electrons. The van der Waals surface area contributed by atoms with Gasteiger partial charge in [-0.2, -0.15) is 0 Å². The molecule has 0 atom stereocenters. The molecule has 0 heterocycles. The Balaban J connectivity index is 2.68. The van der Waals surface area contributed by atoms with Gasteiger partial charge in [-0.25, -0.2) is 0 Å². The average molecular weight is 250 g/mol. The van der Waals surface area contributed by atoms with Crippen LogP contribution in [0.2, 0.25) is 0 Å². The molecule has 0 spiro atoms. The molecule has 0 amide bonds. The van der Waals surface area contributed by atoms with Gasteiger partial charge in [0.2, 0.25) is 0 Å². The van der Waals surface area contributed by atoms with Gasteiger partial charge in [-0.15, -0.1) is 11.6 Å². The normalized spacial score (nSPS) is 9.83. The van der Waals surface area contributed by atoms with Crippen molar-refractivity contribution in [2.24, 2.45) is 0 Å². The van der Waals surface area contributed by atoms with Crippen LogP contribution in [0, 0.1) is 0 Å². The van der Waals surface area contributed by atoms with Gasteiger partial charge in [0.15, 0.2) is 0 Å². The van der Waals surface area contributed by atoms with Crippen molar-refractivity contribution in [3.63, 3.8) is 0 Å². The lowest BCUT2D eigenvalue weighted by molar-refractivity contribution is 0.342. The fourth-order valence-corrected chi connectivity index (χ4v) is 1.29. The standard InChI is InChI=1S/C9H10BrClO/c10-5-6-12-9-4-2-1-3-8(9)7-11/h1-4H,5-7H2. The highest BCUT2D eigenvalue weighted by Gasteiger charge is 1.99. The maximum Gasteiger partial charge on any atom is 0.123 e. The second kappa shape index (κ2) is 5.44. The van der Waals surface area contributed by atoms with Gasteiger partial charge in [0, 0.05) is 10.9 Å². The highest BCUT2D eigenvalue weighted by molar-refractivity contribution is 9.09. The molecule has 0 radical (unpaired) electrons. The van der Waals surface area contributed by atoms with Crippen LogP contribution in [0.4, 0.5) is 0 Å². The maximum atomic E-state index is 5.72. The first-order valence-corrected chi connectivity index (χ1v) is 5.36. The van der Waals surface area contributed by atoms with Crippen LogP contribution in [0.15, 0.2) is 24.3 Å². The molecule has 3 heteroatoms. The summed E-state index contributed by atoms with van der Waals surface area (Å²) in [4.78, 5) is 0. The van der Waals surface area contributed by atoms with E-state index in [2.05, 4.69) is 15.9 Å². The van der Waals surface area contributed by atoms with E-state index < -0.39 is 0 Å². The molecule has 0 aliphatic carbocycles. The van der Waals surface area contributed by atoms with Crippen molar-refractivity contribution in [1.82, 2.24) is 0 Å². The van der Waals surface area contributed by atoms with Gasteiger partial charge in [0.1, 0.15) is 5.75 Å². The number of benzene rings is 1. The maximum absolute atomic E-state index is 5.72. The molecule has 0 aromatic heterocycles. The van der Waals surface area contributed by atoms with Crippen molar-refractivity contribution in [2.75, 3.05) is 11.9 Å². The summed E-state index contributed by atoms with van der Waals surface area (Å²) < 4.78 is 5.45. The molecule has 0 saturated heterocycles. The van der Waals surface area contributed by atoms with Crippen molar-refractivity contribution in [1.29, 1.82) is 0 Å².